The van der Waals surface area contributed by atoms with Gasteiger partial charge in [-0.3, -0.25) is 0 Å². The Morgan fingerprint density at radius 3 is 2.87 bits per heavy atom. The molecule has 122 valence electrons. The molecule has 4 rings (SSSR count). The second-order valence-corrected chi connectivity index (χ2v) is 7.33. The molecule has 0 radical (unpaired) electrons. The number of ether oxygens (including phenoxy) is 2. The minimum atomic E-state index is -0.490. The zero-order valence-corrected chi connectivity index (χ0v) is 14.3. The molecule has 1 atom stereocenters. The fourth-order valence-electron chi connectivity index (χ4n) is 3.43. The minimum Gasteiger partial charge on any atom is -0.482 e. The van der Waals surface area contributed by atoms with Crippen molar-refractivity contribution in [2.45, 2.75) is 44.8 Å². The highest BCUT2D eigenvalue weighted by molar-refractivity contribution is 6.32. The molecule has 1 aromatic rings. The summed E-state index contributed by atoms with van der Waals surface area (Å²) in [5.74, 6) is 0.755. The molecule has 0 spiro atoms. The van der Waals surface area contributed by atoms with Crippen molar-refractivity contribution in [1.29, 1.82) is 0 Å². The molecule has 0 bridgehead atoms. The smallest absolute Gasteiger partial charge is 0.292 e. The molecule has 0 saturated carbocycles. The maximum absolute atomic E-state index is 6.43. The summed E-state index contributed by atoms with van der Waals surface area (Å²) in [5, 5.41) is 0.688. The number of aryl methyl sites for hydroxylation is 2. The monoisotopic (exact) mass is 332 g/mol. The van der Waals surface area contributed by atoms with Crippen LogP contribution >= 0.6 is 11.6 Å². The maximum atomic E-state index is 6.43. The van der Waals surface area contributed by atoms with Crippen LogP contribution in [0.2, 0.25) is 5.02 Å². The first-order chi connectivity index (χ1) is 11.0. The Morgan fingerprint density at radius 2 is 2.09 bits per heavy atom. The summed E-state index contributed by atoms with van der Waals surface area (Å²) >= 11 is 6.43. The van der Waals surface area contributed by atoms with Crippen molar-refractivity contribution in [3.05, 3.63) is 40.6 Å². The van der Waals surface area contributed by atoms with Crippen LogP contribution in [-0.2, 0) is 17.6 Å². The van der Waals surface area contributed by atoms with Crippen molar-refractivity contribution in [3.8, 4) is 5.75 Å². The van der Waals surface area contributed by atoms with Crippen LogP contribution in [0.15, 0.2) is 29.4 Å². The van der Waals surface area contributed by atoms with Crippen LogP contribution in [0.25, 0.3) is 0 Å². The number of hydrogen-bond donors (Lipinski definition) is 0. The molecule has 1 saturated heterocycles. The third-order valence-corrected chi connectivity index (χ3v) is 5.11. The summed E-state index contributed by atoms with van der Waals surface area (Å²) in [6, 6.07) is 4.85. The van der Waals surface area contributed by atoms with Crippen LogP contribution in [-0.4, -0.2) is 35.7 Å². The van der Waals surface area contributed by atoms with E-state index >= 15 is 0 Å². The molecule has 0 aromatic heterocycles. The third kappa shape index (κ3) is 2.69. The summed E-state index contributed by atoms with van der Waals surface area (Å²) in [7, 11) is 0. The van der Waals surface area contributed by atoms with Gasteiger partial charge in [0, 0.05) is 12.7 Å². The van der Waals surface area contributed by atoms with E-state index < -0.39 is 5.60 Å². The Labute approximate surface area is 141 Å². The average molecular weight is 333 g/mol. The molecule has 2 heterocycles. The molecule has 5 heteroatoms. The molecule has 23 heavy (non-hydrogen) atoms. The lowest BCUT2D eigenvalue weighted by atomic mass is 10.0. The Kier molecular flexibility index (Phi) is 3.52. The molecule has 4 nitrogen and oxygen atoms in total. The second kappa shape index (κ2) is 5.45. The molecule has 2 aliphatic heterocycles. The van der Waals surface area contributed by atoms with Crippen molar-refractivity contribution < 1.29 is 9.47 Å². The highest BCUT2D eigenvalue weighted by Crippen LogP contribution is 2.36. The highest BCUT2D eigenvalue weighted by atomic mass is 35.5. The molecular formula is C18H21ClN2O2. The fraction of sp³-hybridized carbons (Fsp3) is 0.500. The van der Waals surface area contributed by atoms with E-state index in [0.29, 0.717) is 11.0 Å². The molecule has 1 fully saturated rings. The first-order valence-corrected chi connectivity index (χ1v) is 8.55. The van der Waals surface area contributed by atoms with Crippen LogP contribution in [0.1, 0.15) is 31.4 Å². The van der Waals surface area contributed by atoms with Gasteiger partial charge < -0.3 is 14.4 Å². The second-order valence-electron chi connectivity index (χ2n) is 6.92. The number of amidine groups is 1. The summed E-state index contributed by atoms with van der Waals surface area (Å²) in [6.07, 6.45) is 7.17. The molecule has 0 unspecified atom stereocenters. The van der Waals surface area contributed by atoms with Gasteiger partial charge in [0.1, 0.15) is 11.4 Å². The molecule has 1 aliphatic carbocycles. The number of aliphatic imine (C=N–C) groups is 1. The Hall–Kier alpha value is -1.68. The summed E-state index contributed by atoms with van der Waals surface area (Å²) in [4.78, 5) is 6.41. The van der Waals surface area contributed by atoms with Crippen LogP contribution in [0.4, 0.5) is 0 Å². The van der Waals surface area contributed by atoms with Gasteiger partial charge in [-0.15, -0.1) is 0 Å². The molecule has 1 aromatic carbocycles. The fourth-order valence-corrected chi connectivity index (χ4v) is 3.66. The summed E-state index contributed by atoms with van der Waals surface area (Å²) in [5.41, 5.74) is 2.23. The maximum Gasteiger partial charge on any atom is 0.292 e. The van der Waals surface area contributed by atoms with E-state index in [1.54, 1.807) is 6.20 Å². The normalized spacial score (nSPS) is 22.5. The van der Waals surface area contributed by atoms with E-state index in [2.05, 4.69) is 22.0 Å². The first kappa shape index (κ1) is 14.9. The number of hydrogen-bond acceptors (Lipinski definition) is 4. The zero-order chi connectivity index (χ0) is 16.0. The number of benzene rings is 1. The topological polar surface area (TPSA) is 34.1 Å². The van der Waals surface area contributed by atoms with E-state index in [4.69, 9.17) is 21.1 Å². The number of rotatable bonds is 3. The van der Waals surface area contributed by atoms with Gasteiger partial charge >= 0.3 is 0 Å². The van der Waals surface area contributed by atoms with Gasteiger partial charge in [-0.1, -0.05) is 11.6 Å². The lowest BCUT2D eigenvalue weighted by Crippen LogP contribution is -2.44. The summed E-state index contributed by atoms with van der Waals surface area (Å²) in [6.45, 7) is 5.71. The Morgan fingerprint density at radius 1 is 1.30 bits per heavy atom. The van der Waals surface area contributed by atoms with Gasteiger partial charge in [0.15, 0.2) is 6.10 Å². The Bertz CT molecular complexity index is 697. The highest BCUT2D eigenvalue weighted by Gasteiger charge is 2.42. The Balaban J connectivity index is 1.54. The number of fused-ring (bicyclic) bond motifs is 2. The predicted octanol–water partition coefficient (Wildman–Crippen LogP) is 3.57. The SMILES string of the molecule is CC(C)(Oc1cc2c(cc1Cl)CCC2)[C@@H]1CN2CC=CN=C2O1. The van der Waals surface area contributed by atoms with Crippen molar-refractivity contribution in [2.24, 2.45) is 4.99 Å². The standard InChI is InChI=1S/C18H21ClN2O2/c1-18(2,16-11-21-8-4-7-20-17(21)22-16)23-15-10-13-6-3-5-12(13)9-14(15)19/h4,7,9-10,16H,3,5-6,8,11H2,1-2H3/t16-/m0/s1. The van der Waals surface area contributed by atoms with Crippen molar-refractivity contribution in [3.63, 3.8) is 0 Å². The first-order valence-electron chi connectivity index (χ1n) is 8.18. The van der Waals surface area contributed by atoms with Gasteiger partial charge in [-0.25, -0.2) is 4.99 Å². The van der Waals surface area contributed by atoms with E-state index in [1.165, 1.54) is 17.5 Å². The quantitative estimate of drug-likeness (QED) is 0.848. The minimum absolute atomic E-state index is 0.0783. The van der Waals surface area contributed by atoms with Crippen LogP contribution < -0.4 is 4.74 Å². The van der Waals surface area contributed by atoms with E-state index in [9.17, 15) is 0 Å². The predicted molar refractivity (Wildman–Crippen MR) is 91.2 cm³/mol. The van der Waals surface area contributed by atoms with Crippen LogP contribution in [0.5, 0.6) is 5.75 Å². The average Bonchev–Trinajstić information content (AvgIpc) is 3.13. The van der Waals surface area contributed by atoms with E-state index in [0.717, 1.165) is 31.7 Å². The largest absolute Gasteiger partial charge is 0.482 e. The molecule has 0 amide bonds. The van der Waals surface area contributed by atoms with Gasteiger partial charge in [-0.05, 0) is 62.4 Å². The zero-order valence-electron chi connectivity index (χ0n) is 13.5. The van der Waals surface area contributed by atoms with E-state index in [1.807, 2.05) is 19.9 Å². The molecule has 3 aliphatic rings. The van der Waals surface area contributed by atoms with E-state index in [-0.39, 0.29) is 6.10 Å². The van der Waals surface area contributed by atoms with Crippen molar-refractivity contribution in [1.82, 2.24) is 4.90 Å². The molecular weight excluding hydrogens is 312 g/mol. The van der Waals surface area contributed by atoms with Gasteiger partial charge in [-0.2, -0.15) is 0 Å². The number of halogens is 1. The summed E-state index contributed by atoms with van der Waals surface area (Å²) < 4.78 is 12.3. The van der Waals surface area contributed by atoms with Gasteiger partial charge in [0.25, 0.3) is 6.02 Å². The van der Waals surface area contributed by atoms with Gasteiger partial charge in [0.05, 0.1) is 11.6 Å². The van der Waals surface area contributed by atoms with Crippen LogP contribution in [0.3, 0.4) is 0 Å². The lowest BCUT2D eigenvalue weighted by molar-refractivity contribution is -0.00347. The lowest BCUT2D eigenvalue weighted by Gasteiger charge is -2.31. The van der Waals surface area contributed by atoms with Crippen molar-refractivity contribution >= 4 is 17.6 Å². The van der Waals surface area contributed by atoms with Crippen molar-refractivity contribution in [2.75, 3.05) is 13.1 Å². The van der Waals surface area contributed by atoms with Gasteiger partial charge in [0.2, 0.25) is 0 Å². The third-order valence-electron chi connectivity index (χ3n) is 4.82. The number of nitrogens with zero attached hydrogens (tertiary/aromatic N) is 2. The molecule has 0 N–H and O–H groups in total. The van der Waals surface area contributed by atoms with Crippen LogP contribution in [0, 0.1) is 0 Å².